The Bertz CT molecular complexity index is 415. The zero-order chi connectivity index (χ0) is 9.26. The molecule has 0 aliphatic heterocycles. The molecule has 1 heterocycles. The lowest BCUT2D eigenvalue weighted by atomic mass is 10.0. The number of aromatic nitrogens is 2. The lowest BCUT2D eigenvalue weighted by Crippen LogP contribution is -1.85. The van der Waals surface area contributed by atoms with E-state index in [1.165, 1.54) is 28.5 Å². The lowest BCUT2D eigenvalue weighted by molar-refractivity contribution is 0.922. The largest absolute Gasteiger partial charge is 0.278 e. The van der Waals surface area contributed by atoms with Crippen molar-refractivity contribution in [3.63, 3.8) is 0 Å². The van der Waals surface area contributed by atoms with Gasteiger partial charge in [-0.15, -0.1) is 0 Å². The van der Waals surface area contributed by atoms with Gasteiger partial charge in [-0.1, -0.05) is 19.4 Å². The van der Waals surface area contributed by atoms with Gasteiger partial charge in [0.15, 0.2) is 0 Å². The molecule has 1 aromatic carbocycles. The summed E-state index contributed by atoms with van der Waals surface area (Å²) >= 11 is 0. The number of aromatic amines is 1. The molecule has 0 amide bonds. The third-order valence-corrected chi connectivity index (χ3v) is 2.34. The first-order valence-corrected chi connectivity index (χ1v) is 4.74. The highest BCUT2D eigenvalue weighted by molar-refractivity contribution is 5.81. The van der Waals surface area contributed by atoms with Crippen molar-refractivity contribution in [3.05, 3.63) is 29.5 Å². The zero-order valence-electron chi connectivity index (χ0n) is 8.09. The van der Waals surface area contributed by atoms with Crippen LogP contribution in [0.1, 0.15) is 24.5 Å². The SMILES string of the molecule is CCCc1cc(C)c2[nH]ncc2c1. The fourth-order valence-electron chi connectivity index (χ4n) is 1.75. The number of rotatable bonds is 2. The molecule has 0 spiro atoms. The van der Waals surface area contributed by atoms with Gasteiger partial charge in [-0.2, -0.15) is 5.10 Å². The Hall–Kier alpha value is -1.31. The van der Waals surface area contributed by atoms with E-state index >= 15 is 0 Å². The molecular weight excluding hydrogens is 160 g/mol. The number of aryl methyl sites for hydroxylation is 2. The van der Waals surface area contributed by atoms with Crippen LogP contribution in [0.4, 0.5) is 0 Å². The molecule has 1 N–H and O–H groups in total. The number of nitrogens with zero attached hydrogens (tertiary/aromatic N) is 1. The smallest absolute Gasteiger partial charge is 0.0679 e. The average Bonchev–Trinajstić information content (AvgIpc) is 2.53. The summed E-state index contributed by atoms with van der Waals surface area (Å²) in [5.74, 6) is 0. The maximum Gasteiger partial charge on any atom is 0.0679 e. The van der Waals surface area contributed by atoms with Crippen LogP contribution in [0, 0.1) is 6.92 Å². The Morgan fingerprint density at radius 3 is 3.00 bits per heavy atom. The number of H-pyrrole nitrogens is 1. The molecule has 0 atom stereocenters. The van der Waals surface area contributed by atoms with Crippen LogP contribution in [0.15, 0.2) is 18.3 Å². The first-order valence-electron chi connectivity index (χ1n) is 4.74. The van der Waals surface area contributed by atoms with E-state index in [2.05, 4.69) is 36.2 Å². The van der Waals surface area contributed by atoms with E-state index in [0.29, 0.717) is 0 Å². The van der Waals surface area contributed by atoms with Gasteiger partial charge in [0.05, 0.1) is 11.7 Å². The first kappa shape index (κ1) is 8.30. The monoisotopic (exact) mass is 174 g/mol. The van der Waals surface area contributed by atoms with Crippen molar-refractivity contribution in [2.24, 2.45) is 0 Å². The van der Waals surface area contributed by atoms with E-state index in [4.69, 9.17) is 0 Å². The second-order valence-corrected chi connectivity index (χ2v) is 3.50. The molecule has 0 aliphatic rings. The van der Waals surface area contributed by atoms with E-state index < -0.39 is 0 Å². The molecule has 0 fully saturated rings. The minimum Gasteiger partial charge on any atom is -0.278 e. The maximum atomic E-state index is 4.04. The van der Waals surface area contributed by atoms with Crippen LogP contribution < -0.4 is 0 Å². The van der Waals surface area contributed by atoms with Gasteiger partial charge in [-0.05, 0) is 30.5 Å². The third kappa shape index (κ3) is 1.44. The molecule has 0 bridgehead atoms. The third-order valence-electron chi connectivity index (χ3n) is 2.34. The molecule has 0 unspecified atom stereocenters. The summed E-state index contributed by atoms with van der Waals surface area (Å²) in [6.45, 7) is 4.33. The zero-order valence-corrected chi connectivity index (χ0v) is 8.09. The van der Waals surface area contributed by atoms with Crippen molar-refractivity contribution in [3.8, 4) is 0 Å². The topological polar surface area (TPSA) is 28.7 Å². The van der Waals surface area contributed by atoms with Crippen LogP contribution >= 0.6 is 0 Å². The Kier molecular flexibility index (Phi) is 2.05. The van der Waals surface area contributed by atoms with Gasteiger partial charge in [0.25, 0.3) is 0 Å². The highest BCUT2D eigenvalue weighted by atomic mass is 15.1. The van der Waals surface area contributed by atoms with Gasteiger partial charge in [0.2, 0.25) is 0 Å². The number of fused-ring (bicyclic) bond motifs is 1. The summed E-state index contributed by atoms with van der Waals surface area (Å²) in [6, 6.07) is 4.46. The summed E-state index contributed by atoms with van der Waals surface area (Å²) in [5, 5.41) is 8.27. The van der Waals surface area contributed by atoms with Crippen LogP contribution in [0.25, 0.3) is 10.9 Å². The summed E-state index contributed by atoms with van der Waals surface area (Å²) in [6.07, 6.45) is 4.24. The van der Waals surface area contributed by atoms with Gasteiger partial charge >= 0.3 is 0 Å². The lowest BCUT2D eigenvalue weighted by Gasteiger charge is -2.01. The number of hydrogen-bond donors (Lipinski definition) is 1. The molecule has 2 rings (SSSR count). The minimum atomic E-state index is 1.15. The molecule has 68 valence electrons. The summed E-state index contributed by atoms with van der Waals surface area (Å²) in [5.41, 5.74) is 3.87. The number of hydrogen-bond acceptors (Lipinski definition) is 1. The summed E-state index contributed by atoms with van der Waals surface area (Å²) in [4.78, 5) is 0. The van der Waals surface area contributed by atoms with Crippen LogP contribution in [0.3, 0.4) is 0 Å². The van der Waals surface area contributed by atoms with Crippen molar-refractivity contribution >= 4 is 10.9 Å². The van der Waals surface area contributed by atoms with Gasteiger partial charge in [0, 0.05) is 5.39 Å². The van der Waals surface area contributed by atoms with Crippen molar-refractivity contribution in [2.45, 2.75) is 26.7 Å². The van der Waals surface area contributed by atoms with E-state index in [1.807, 2.05) is 6.20 Å². The van der Waals surface area contributed by atoms with Crippen LogP contribution in [0.2, 0.25) is 0 Å². The molecule has 0 saturated heterocycles. The van der Waals surface area contributed by atoms with Gasteiger partial charge < -0.3 is 0 Å². The van der Waals surface area contributed by atoms with Gasteiger partial charge in [0.1, 0.15) is 0 Å². The van der Waals surface area contributed by atoms with E-state index in [-0.39, 0.29) is 0 Å². The van der Waals surface area contributed by atoms with Crippen molar-refractivity contribution < 1.29 is 0 Å². The molecule has 1 aromatic heterocycles. The Morgan fingerprint density at radius 2 is 2.23 bits per heavy atom. The fourth-order valence-corrected chi connectivity index (χ4v) is 1.75. The number of nitrogens with one attached hydrogen (secondary N) is 1. The molecule has 2 aromatic rings. The standard InChI is InChI=1S/C11H14N2/c1-3-4-9-5-8(2)11-10(6-9)7-12-13-11/h5-7H,3-4H2,1-2H3,(H,12,13). The summed E-state index contributed by atoms with van der Waals surface area (Å²) in [7, 11) is 0. The Labute approximate surface area is 78.0 Å². The van der Waals surface area contributed by atoms with Crippen LogP contribution in [-0.4, -0.2) is 10.2 Å². The molecule has 13 heavy (non-hydrogen) atoms. The van der Waals surface area contributed by atoms with Gasteiger partial charge in [-0.25, -0.2) is 0 Å². The summed E-state index contributed by atoms with van der Waals surface area (Å²) < 4.78 is 0. The Balaban J connectivity index is 2.56. The van der Waals surface area contributed by atoms with E-state index in [9.17, 15) is 0 Å². The highest BCUT2D eigenvalue weighted by Crippen LogP contribution is 2.18. The predicted octanol–water partition coefficient (Wildman–Crippen LogP) is 2.82. The first-order chi connectivity index (χ1) is 6.31. The van der Waals surface area contributed by atoms with Crippen LogP contribution in [0.5, 0.6) is 0 Å². The van der Waals surface area contributed by atoms with Crippen molar-refractivity contribution in [1.29, 1.82) is 0 Å². The second kappa shape index (κ2) is 3.21. The molecule has 2 heteroatoms. The average molecular weight is 174 g/mol. The maximum absolute atomic E-state index is 4.04. The molecule has 2 nitrogen and oxygen atoms in total. The fraction of sp³-hybridized carbons (Fsp3) is 0.364. The highest BCUT2D eigenvalue weighted by Gasteiger charge is 2.01. The number of benzene rings is 1. The second-order valence-electron chi connectivity index (χ2n) is 3.50. The van der Waals surface area contributed by atoms with Crippen LogP contribution in [-0.2, 0) is 6.42 Å². The normalized spacial score (nSPS) is 10.9. The van der Waals surface area contributed by atoms with E-state index in [0.717, 1.165) is 6.42 Å². The molecule has 0 aliphatic carbocycles. The van der Waals surface area contributed by atoms with E-state index in [1.54, 1.807) is 0 Å². The van der Waals surface area contributed by atoms with Crippen molar-refractivity contribution in [2.75, 3.05) is 0 Å². The molecular formula is C11H14N2. The predicted molar refractivity (Wildman–Crippen MR) is 54.8 cm³/mol. The molecule has 0 saturated carbocycles. The Morgan fingerprint density at radius 1 is 1.38 bits per heavy atom. The van der Waals surface area contributed by atoms with Crippen molar-refractivity contribution in [1.82, 2.24) is 10.2 Å². The molecule has 0 radical (unpaired) electrons. The minimum absolute atomic E-state index is 1.15. The van der Waals surface area contributed by atoms with Gasteiger partial charge in [-0.3, -0.25) is 5.10 Å². The quantitative estimate of drug-likeness (QED) is 0.745.